The summed E-state index contributed by atoms with van der Waals surface area (Å²) < 4.78 is 44.5. The van der Waals surface area contributed by atoms with Gasteiger partial charge in [-0.3, -0.25) is 4.79 Å². The molecule has 0 aliphatic heterocycles. The maximum Gasteiger partial charge on any atom is 0.573 e. The number of carbonyl (C=O) groups excluding carboxylic acids is 1. The van der Waals surface area contributed by atoms with Gasteiger partial charge in [0, 0.05) is 28.4 Å². The maximum absolute atomic E-state index is 12.8. The lowest BCUT2D eigenvalue weighted by atomic mass is 9.97. The molecule has 172 valence electrons. The molecule has 8 heteroatoms. The molecular formula is C24H27F3N2O2S. The van der Waals surface area contributed by atoms with E-state index >= 15 is 0 Å². The standard InChI is InChI=1S/C24H27F3N2O2S/c1-3-4-5-11-20-22(17-8-6-9-18(15-17)31-24(25,26)27)21(23(28)30)16(2)29(20)13-12-19-10-7-14-32-19/h6-10,14-15H,3-5,11-13H2,1-2H3,(H2,28,30). The number of hydrogen-bond acceptors (Lipinski definition) is 3. The third-order valence-electron chi connectivity index (χ3n) is 5.41. The predicted molar refractivity (Wildman–Crippen MR) is 121 cm³/mol. The zero-order chi connectivity index (χ0) is 23.3. The Morgan fingerprint density at radius 2 is 1.94 bits per heavy atom. The first kappa shape index (κ1) is 23.9. The van der Waals surface area contributed by atoms with E-state index in [4.69, 9.17) is 5.73 Å². The highest BCUT2D eigenvalue weighted by atomic mass is 32.1. The number of hydrogen-bond donors (Lipinski definition) is 1. The minimum Gasteiger partial charge on any atom is -0.406 e. The molecule has 0 aliphatic carbocycles. The molecule has 3 rings (SSSR count). The van der Waals surface area contributed by atoms with Gasteiger partial charge in [-0.15, -0.1) is 24.5 Å². The van der Waals surface area contributed by atoms with Gasteiger partial charge >= 0.3 is 6.36 Å². The Hall–Kier alpha value is -2.74. The molecular weight excluding hydrogens is 437 g/mol. The van der Waals surface area contributed by atoms with Gasteiger partial charge in [0.2, 0.25) is 0 Å². The average molecular weight is 465 g/mol. The third kappa shape index (κ3) is 5.73. The van der Waals surface area contributed by atoms with Crippen LogP contribution in [0.15, 0.2) is 41.8 Å². The van der Waals surface area contributed by atoms with Crippen molar-refractivity contribution in [3.05, 3.63) is 63.6 Å². The molecule has 4 nitrogen and oxygen atoms in total. The van der Waals surface area contributed by atoms with Crippen LogP contribution in [0.25, 0.3) is 11.1 Å². The molecule has 0 aliphatic rings. The van der Waals surface area contributed by atoms with Crippen molar-refractivity contribution in [3.8, 4) is 16.9 Å². The number of thiophene rings is 1. The number of amides is 1. The molecule has 2 heterocycles. The Balaban J connectivity index is 2.11. The highest BCUT2D eigenvalue weighted by Crippen LogP contribution is 2.36. The number of halogens is 3. The summed E-state index contributed by atoms with van der Waals surface area (Å²) in [7, 11) is 0. The second-order valence-corrected chi connectivity index (χ2v) is 8.69. The Morgan fingerprint density at radius 3 is 2.56 bits per heavy atom. The van der Waals surface area contributed by atoms with Gasteiger partial charge < -0.3 is 15.0 Å². The summed E-state index contributed by atoms with van der Waals surface area (Å²) in [5, 5.41) is 2.02. The van der Waals surface area contributed by atoms with Crippen LogP contribution in [0, 0.1) is 6.92 Å². The SMILES string of the molecule is CCCCCc1c(-c2cccc(OC(F)(F)F)c2)c(C(N)=O)c(C)n1CCc1cccs1. The minimum absolute atomic E-state index is 0.325. The molecule has 0 saturated carbocycles. The number of nitrogens with zero attached hydrogens (tertiary/aromatic N) is 1. The average Bonchev–Trinajstić information content (AvgIpc) is 3.32. The van der Waals surface area contributed by atoms with Crippen LogP contribution in [0.2, 0.25) is 0 Å². The first-order chi connectivity index (χ1) is 15.2. The van der Waals surface area contributed by atoms with Crippen LogP contribution >= 0.6 is 11.3 Å². The summed E-state index contributed by atoms with van der Waals surface area (Å²) in [5.74, 6) is -0.917. The number of benzene rings is 1. The van der Waals surface area contributed by atoms with Crippen molar-refractivity contribution in [2.75, 3.05) is 0 Å². The summed E-state index contributed by atoms with van der Waals surface area (Å²) in [4.78, 5) is 13.7. The fraction of sp³-hybridized carbons (Fsp3) is 0.375. The Bertz CT molecular complexity index is 1060. The van der Waals surface area contributed by atoms with Crippen LogP contribution in [0.1, 0.15) is 52.8 Å². The molecule has 0 unspecified atom stereocenters. The maximum atomic E-state index is 12.8. The van der Waals surface area contributed by atoms with Crippen LogP contribution in [-0.2, 0) is 19.4 Å². The van der Waals surface area contributed by atoms with Crippen molar-refractivity contribution >= 4 is 17.2 Å². The van der Waals surface area contributed by atoms with Crippen LogP contribution in [0.3, 0.4) is 0 Å². The molecule has 0 bridgehead atoms. The number of aromatic nitrogens is 1. The number of unbranched alkanes of at least 4 members (excludes halogenated alkanes) is 2. The first-order valence-corrected chi connectivity index (χ1v) is 11.5. The minimum atomic E-state index is -4.79. The molecule has 2 N–H and O–H groups in total. The van der Waals surface area contributed by atoms with E-state index in [1.807, 2.05) is 18.4 Å². The topological polar surface area (TPSA) is 57.2 Å². The molecule has 32 heavy (non-hydrogen) atoms. The van der Waals surface area contributed by atoms with Crippen LogP contribution in [-0.4, -0.2) is 16.8 Å². The largest absolute Gasteiger partial charge is 0.573 e. The Kier molecular flexibility index (Phi) is 7.66. The summed E-state index contributed by atoms with van der Waals surface area (Å²) in [6.45, 7) is 4.61. The monoisotopic (exact) mass is 464 g/mol. The van der Waals surface area contributed by atoms with Gasteiger partial charge in [0.1, 0.15) is 5.75 Å². The number of alkyl halides is 3. The fourth-order valence-corrected chi connectivity index (χ4v) is 4.74. The van der Waals surface area contributed by atoms with Gasteiger partial charge in [0.05, 0.1) is 5.56 Å². The molecule has 3 aromatic rings. The van der Waals surface area contributed by atoms with Crippen LogP contribution < -0.4 is 10.5 Å². The second kappa shape index (κ2) is 10.3. The van der Waals surface area contributed by atoms with E-state index in [0.29, 0.717) is 29.7 Å². The van der Waals surface area contributed by atoms with Gasteiger partial charge in [0.25, 0.3) is 5.91 Å². The number of nitrogens with two attached hydrogens (primary N) is 1. The summed E-state index contributed by atoms with van der Waals surface area (Å²) in [5.41, 5.74) is 8.86. The van der Waals surface area contributed by atoms with E-state index < -0.39 is 12.3 Å². The predicted octanol–water partition coefficient (Wildman–Crippen LogP) is 6.50. The lowest BCUT2D eigenvalue weighted by Gasteiger charge is -2.14. The molecule has 0 atom stereocenters. The highest BCUT2D eigenvalue weighted by Gasteiger charge is 2.31. The molecule has 1 amide bonds. The molecule has 2 aromatic heterocycles. The zero-order valence-corrected chi connectivity index (χ0v) is 19.0. The smallest absolute Gasteiger partial charge is 0.406 e. The van der Waals surface area contributed by atoms with Crippen LogP contribution in [0.4, 0.5) is 13.2 Å². The summed E-state index contributed by atoms with van der Waals surface area (Å²) >= 11 is 1.67. The van der Waals surface area contributed by atoms with Crippen molar-refractivity contribution < 1.29 is 22.7 Å². The number of primary amides is 1. The van der Waals surface area contributed by atoms with E-state index in [1.165, 1.54) is 23.1 Å². The number of ether oxygens (including phenoxy) is 1. The summed E-state index contributed by atoms with van der Waals surface area (Å²) in [6.07, 6.45) is -0.352. The van der Waals surface area contributed by atoms with E-state index in [9.17, 15) is 18.0 Å². The second-order valence-electron chi connectivity index (χ2n) is 7.66. The van der Waals surface area contributed by atoms with Gasteiger partial charge in [-0.05, 0) is 55.3 Å². The van der Waals surface area contributed by atoms with Crippen molar-refractivity contribution in [1.82, 2.24) is 4.57 Å². The lowest BCUT2D eigenvalue weighted by Crippen LogP contribution is -2.17. The summed E-state index contributed by atoms with van der Waals surface area (Å²) in [6, 6.07) is 9.82. The third-order valence-corrected chi connectivity index (χ3v) is 6.35. The number of rotatable bonds is 10. The van der Waals surface area contributed by atoms with Crippen LogP contribution in [0.5, 0.6) is 5.75 Å². The quantitative estimate of drug-likeness (QED) is 0.348. The van der Waals surface area contributed by atoms with Crippen molar-refractivity contribution in [2.45, 2.75) is 58.9 Å². The Labute approximate surface area is 189 Å². The number of carbonyl (C=O) groups is 1. The fourth-order valence-electron chi connectivity index (χ4n) is 4.04. The molecule has 1 aromatic carbocycles. The number of aryl methyl sites for hydroxylation is 1. The first-order valence-electron chi connectivity index (χ1n) is 10.6. The lowest BCUT2D eigenvalue weighted by molar-refractivity contribution is -0.274. The van der Waals surface area contributed by atoms with E-state index in [0.717, 1.165) is 37.1 Å². The van der Waals surface area contributed by atoms with E-state index in [2.05, 4.69) is 22.3 Å². The van der Waals surface area contributed by atoms with E-state index in [-0.39, 0.29) is 5.75 Å². The van der Waals surface area contributed by atoms with Gasteiger partial charge in [-0.2, -0.15) is 0 Å². The normalized spacial score (nSPS) is 11.7. The van der Waals surface area contributed by atoms with Gasteiger partial charge in [-0.1, -0.05) is 38.0 Å². The Morgan fingerprint density at radius 1 is 1.16 bits per heavy atom. The molecule has 0 saturated heterocycles. The van der Waals surface area contributed by atoms with Crippen molar-refractivity contribution in [2.24, 2.45) is 5.73 Å². The van der Waals surface area contributed by atoms with Crippen molar-refractivity contribution in [1.29, 1.82) is 0 Å². The molecule has 0 spiro atoms. The zero-order valence-electron chi connectivity index (χ0n) is 18.2. The highest BCUT2D eigenvalue weighted by molar-refractivity contribution is 7.09. The van der Waals surface area contributed by atoms with E-state index in [1.54, 1.807) is 17.4 Å². The van der Waals surface area contributed by atoms with Gasteiger partial charge in [0.15, 0.2) is 0 Å². The molecule has 0 fully saturated rings. The van der Waals surface area contributed by atoms with Crippen molar-refractivity contribution in [3.63, 3.8) is 0 Å². The molecule has 0 radical (unpaired) electrons. The van der Waals surface area contributed by atoms with Gasteiger partial charge in [-0.25, -0.2) is 0 Å².